The molecule has 1 atom stereocenters. The van der Waals surface area contributed by atoms with E-state index in [1.54, 1.807) is 0 Å². The van der Waals surface area contributed by atoms with Gasteiger partial charge in [0, 0.05) is 43.1 Å². The Morgan fingerprint density at radius 1 is 1.14 bits per heavy atom. The maximum atomic E-state index is 3.71. The van der Waals surface area contributed by atoms with Crippen molar-refractivity contribution in [2.24, 2.45) is 0 Å². The van der Waals surface area contributed by atoms with Crippen LogP contribution in [0.15, 0.2) is 24.3 Å². The Bertz CT molecular complexity index is 425. The van der Waals surface area contributed by atoms with E-state index < -0.39 is 0 Å². The smallest absolute Gasteiger partial charge is 0.0368 e. The number of benzene rings is 1. The van der Waals surface area contributed by atoms with Crippen molar-refractivity contribution >= 4 is 11.4 Å². The summed E-state index contributed by atoms with van der Waals surface area (Å²) in [6.45, 7) is 14.5. The van der Waals surface area contributed by atoms with E-state index in [1.165, 1.54) is 24.2 Å². The zero-order chi connectivity index (χ0) is 15.3. The first-order chi connectivity index (χ1) is 10.1. The van der Waals surface area contributed by atoms with Crippen molar-refractivity contribution in [1.29, 1.82) is 0 Å². The van der Waals surface area contributed by atoms with Crippen molar-refractivity contribution in [2.75, 3.05) is 42.5 Å². The molecule has 118 valence electrons. The summed E-state index contributed by atoms with van der Waals surface area (Å²) in [6, 6.07) is 9.11. The highest BCUT2D eigenvalue weighted by molar-refractivity contribution is 5.56. The molecule has 2 rings (SSSR count). The number of hydrogen-bond acceptors (Lipinski definition) is 3. The van der Waals surface area contributed by atoms with Gasteiger partial charge < -0.3 is 15.1 Å². The molecule has 0 aliphatic carbocycles. The zero-order valence-electron chi connectivity index (χ0n) is 14.2. The van der Waals surface area contributed by atoms with Gasteiger partial charge in [0.05, 0.1) is 0 Å². The summed E-state index contributed by atoms with van der Waals surface area (Å²) in [5.41, 5.74) is 2.91. The molecule has 3 nitrogen and oxygen atoms in total. The Hall–Kier alpha value is -1.22. The third-order valence-electron chi connectivity index (χ3n) is 4.82. The van der Waals surface area contributed by atoms with Crippen LogP contribution in [-0.4, -0.2) is 38.3 Å². The molecule has 0 bridgehead atoms. The molecular weight excluding hydrogens is 258 g/mol. The molecule has 0 aromatic heterocycles. The molecule has 0 radical (unpaired) electrons. The van der Waals surface area contributed by atoms with Crippen molar-refractivity contribution < 1.29 is 0 Å². The average molecular weight is 289 g/mol. The van der Waals surface area contributed by atoms with Crippen molar-refractivity contribution in [3.63, 3.8) is 0 Å². The molecule has 3 heteroatoms. The first-order valence-electron chi connectivity index (χ1n) is 8.47. The molecule has 1 heterocycles. The molecular formula is C18H31N3. The molecule has 1 aliphatic rings. The Balaban J connectivity index is 2.13. The molecule has 1 unspecified atom stereocenters. The van der Waals surface area contributed by atoms with Crippen molar-refractivity contribution in [3.8, 4) is 0 Å². The Morgan fingerprint density at radius 2 is 1.81 bits per heavy atom. The van der Waals surface area contributed by atoms with E-state index >= 15 is 0 Å². The van der Waals surface area contributed by atoms with E-state index in [0.29, 0.717) is 0 Å². The summed E-state index contributed by atoms with van der Waals surface area (Å²) < 4.78 is 0. The third-order valence-corrected chi connectivity index (χ3v) is 4.82. The van der Waals surface area contributed by atoms with Crippen LogP contribution in [0.5, 0.6) is 0 Å². The van der Waals surface area contributed by atoms with Gasteiger partial charge in [-0.3, -0.25) is 0 Å². The van der Waals surface area contributed by atoms with Crippen molar-refractivity contribution in [1.82, 2.24) is 5.32 Å². The molecule has 1 aliphatic heterocycles. The van der Waals surface area contributed by atoms with Crippen LogP contribution in [0.1, 0.15) is 40.5 Å². The number of hydrogen-bond donors (Lipinski definition) is 1. The maximum absolute atomic E-state index is 3.71. The Labute approximate surface area is 130 Å². The summed E-state index contributed by atoms with van der Waals surface area (Å²) >= 11 is 0. The van der Waals surface area contributed by atoms with E-state index in [0.717, 1.165) is 32.7 Å². The summed E-state index contributed by atoms with van der Waals surface area (Å²) in [4.78, 5) is 4.93. The summed E-state index contributed by atoms with van der Waals surface area (Å²) in [6.07, 6.45) is 2.38. The summed E-state index contributed by atoms with van der Waals surface area (Å²) in [5, 5.41) is 3.71. The lowest BCUT2D eigenvalue weighted by Crippen LogP contribution is -2.48. The molecule has 1 aromatic rings. The maximum Gasteiger partial charge on any atom is 0.0368 e. The standard InChI is InChI=1S/C18H31N3/c1-5-18(4)15-21(14-8-13-19-18)17-11-9-16(10-12-17)20(6-2)7-3/h9-12,19H,5-8,13-15H2,1-4H3. The molecule has 1 N–H and O–H groups in total. The number of nitrogens with one attached hydrogen (secondary N) is 1. The number of nitrogens with zero attached hydrogens (tertiary/aromatic N) is 2. The highest BCUT2D eigenvalue weighted by atomic mass is 15.2. The van der Waals surface area contributed by atoms with Crippen LogP contribution in [0, 0.1) is 0 Å². The molecule has 1 saturated heterocycles. The van der Waals surface area contributed by atoms with Gasteiger partial charge in [-0.2, -0.15) is 0 Å². The predicted molar refractivity (Wildman–Crippen MR) is 93.5 cm³/mol. The molecule has 1 fully saturated rings. The van der Waals surface area contributed by atoms with Crippen LogP contribution >= 0.6 is 0 Å². The van der Waals surface area contributed by atoms with Crippen LogP contribution in [0.4, 0.5) is 11.4 Å². The van der Waals surface area contributed by atoms with Crippen molar-refractivity contribution in [2.45, 2.75) is 46.1 Å². The largest absolute Gasteiger partial charge is 0.372 e. The SMILES string of the molecule is CCN(CC)c1ccc(N2CCCNC(C)(CC)C2)cc1. The fraction of sp³-hybridized carbons (Fsp3) is 0.667. The molecule has 0 amide bonds. The van der Waals surface area contributed by atoms with Crippen LogP contribution in [0.2, 0.25) is 0 Å². The fourth-order valence-electron chi connectivity index (χ4n) is 3.14. The highest BCUT2D eigenvalue weighted by Crippen LogP contribution is 2.24. The predicted octanol–water partition coefficient (Wildman–Crippen LogP) is 3.50. The minimum Gasteiger partial charge on any atom is -0.372 e. The van der Waals surface area contributed by atoms with Gasteiger partial charge in [0.25, 0.3) is 0 Å². The second-order valence-electron chi connectivity index (χ2n) is 6.30. The number of rotatable bonds is 5. The lowest BCUT2D eigenvalue weighted by atomic mass is 9.98. The first kappa shape index (κ1) is 16.2. The molecule has 0 spiro atoms. The van der Waals surface area contributed by atoms with E-state index in [1.807, 2.05) is 0 Å². The third kappa shape index (κ3) is 3.91. The Kier molecular flexibility index (Phi) is 5.51. The van der Waals surface area contributed by atoms with Gasteiger partial charge in [0.15, 0.2) is 0 Å². The Morgan fingerprint density at radius 3 is 2.38 bits per heavy atom. The molecule has 0 saturated carbocycles. The zero-order valence-corrected chi connectivity index (χ0v) is 14.2. The number of anilines is 2. The molecule has 21 heavy (non-hydrogen) atoms. The average Bonchev–Trinajstić information content (AvgIpc) is 2.72. The minimum absolute atomic E-state index is 0.230. The van der Waals surface area contributed by atoms with Crippen LogP contribution in [0.25, 0.3) is 0 Å². The summed E-state index contributed by atoms with van der Waals surface area (Å²) in [5.74, 6) is 0. The monoisotopic (exact) mass is 289 g/mol. The normalized spacial score (nSPS) is 23.0. The van der Waals surface area contributed by atoms with Crippen LogP contribution in [-0.2, 0) is 0 Å². The van der Waals surface area contributed by atoms with Gasteiger partial charge in [-0.1, -0.05) is 6.92 Å². The lowest BCUT2D eigenvalue weighted by Gasteiger charge is -2.34. The van der Waals surface area contributed by atoms with E-state index in [9.17, 15) is 0 Å². The molecule has 1 aromatic carbocycles. The van der Waals surface area contributed by atoms with Gasteiger partial charge in [-0.25, -0.2) is 0 Å². The highest BCUT2D eigenvalue weighted by Gasteiger charge is 2.27. The van der Waals surface area contributed by atoms with Crippen molar-refractivity contribution in [3.05, 3.63) is 24.3 Å². The quantitative estimate of drug-likeness (QED) is 0.895. The van der Waals surface area contributed by atoms with E-state index in [2.05, 4.69) is 67.1 Å². The van der Waals surface area contributed by atoms with Gasteiger partial charge >= 0.3 is 0 Å². The van der Waals surface area contributed by atoms with E-state index in [4.69, 9.17) is 0 Å². The lowest BCUT2D eigenvalue weighted by molar-refractivity contribution is 0.366. The van der Waals surface area contributed by atoms with Crippen LogP contribution < -0.4 is 15.1 Å². The second kappa shape index (κ2) is 7.17. The van der Waals surface area contributed by atoms with Gasteiger partial charge in [-0.05, 0) is 64.4 Å². The second-order valence-corrected chi connectivity index (χ2v) is 6.30. The van der Waals surface area contributed by atoms with Gasteiger partial charge in [0.1, 0.15) is 0 Å². The summed E-state index contributed by atoms with van der Waals surface area (Å²) in [7, 11) is 0. The topological polar surface area (TPSA) is 18.5 Å². The van der Waals surface area contributed by atoms with Gasteiger partial charge in [0.2, 0.25) is 0 Å². The van der Waals surface area contributed by atoms with Gasteiger partial charge in [-0.15, -0.1) is 0 Å². The van der Waals surface area contributed by atoms with Crippen LogP contribution in [0.3, 0.4) is 0 Å². The van der Waals surface area contributed by atoms with E-state index in [-0.39, 0.29) is 5.54 Å². The fourth-order valence-corrected chi connectivity index (χ4v) is 3.14. The first-order valence-corrected chi connectivity index (χ1v) is 8.47. The minimum atomic E-state index is 0.230.